The van der Waals surface area contributed by atoms with Gasteiger partial charge in [0.05, 0.1) is 5.60 Å². The third kappa shape index (κ3) is 1.21. The van der Waals surface area contributed by atoms with E-state index < -0.39 is 5.54 Å². The second-order valence-electron chi connectivity index (χ2n) is 8.09. The predicted molar refractivity (Wildman–Crippen MR) is 74.4 cm³/mol. The second-order valence-corrected chi connectivity index (χ2v) is 8.09. The van der Waals surface area contributed by atoms with Crippen molar-refractivity contribution in [3.63, 3.8) is 0 Å². The standard InChI is InChI=1S/C16H22N2O3/c1-15(21-2)7-10-3-11(15)4-12(10)18-13(19)16-5-9(6-16)8-17(16)14(18)20/h9-12H,3-8H2,1-2H3/t9?,10-,11-,12-,15+,16?/m1/s1. The molecule has 4 bridgehead atoms. The Balaban J connectivity index is 1.44. The highest BCUT2D eigenvalue weighted by molar-refractivity contribution is 6.09. The maximum atomic E-state index is 12.9. The minimum atomic E-state index is -0.422. The van der Waals surface area contributed by atoms with Gasteiger partial charge in [-0.2, -0.15) is 0 Å². The molecule has 21 heavy (non-hydrogen) atoms. The fourth-order valence-corrected chi connectivity index (χ4v) is 6.04. The van der Waals surface area contributed by atoms with Gasteiger partial charge in [0.2, 0.25) is 0 Å². The van der Waals surface area contributed by atoms with Crippen LogP contribution in [0.2, 0.25) is 0 Å². The monoisotopic (exact) mass is 290 g/mol. The Morgan fingerprint density at radius 1 is 1.19 bits per heavy atom. The topological polar surface area (TPSA) is 49.9 Å². The molecule has 6 aliphatic rings. The zero-order chi connectivity index (χ0) is 14.6. The first kappa shape index (κ1) is 12.4. The maximum absolute atomic E-state index is 12.9. The first-order valence-electron chi connectivity index (χ1n) is 8.19. The molecular formula is C16H22N2O3. The van der Waals surface area contributed by atoms with E-state index in [2.05, 4.69) is 6.92 Å². The molecule has 0 aromatic heterocycles. The van der Waals surface area contributed by atoms with E-state index >= 15 is 0 Å². The van der Waals surface area contributed by atoms with Crippen molar-refractivity contribution in [1.29, 1.82) is 0 Å². The molecule has 3 amide bonds. The number of fused-ring (bicyclic) bond motifs is 2. The fraction of sp³-hybridized carbons (Fsp3) is 0.875. The zero-order valence-electron chi connectivity index (χ0n) is 12.7. The van der Waals surface area contributed by atoms with Crippen molar-refractivity contribution < 1.29 is 14.3 Å². The van der Waals surface area contributed by atoms with Crippen molar-refractivity contribution in [2.24, 2.45) is 17.8 Å². The lowest BCUT2D eigenvalue weighted by Gasteiger charge is -2.39. The number of carbonyl (C=O) groups is 2. The van der Waals surface area contributed by atoms with Gasteiger partial charge in [0.15, 0.2) is 0 Å². The number of imide groups is 1. The van der Waals surface area contributed by atoms with Gasteiger partial charge in [-0.3, -0.25) is 9.69 Å². The van der Waals surface area contributed by atoms with Crippen LogP contribution in [-0.2, 0) is 9.53 Å². The lowest BCUT2D eigenvalue weighted by atomic mass is 9.72. The highest BCUT2D eigenvalue weighted by Gasteiger charge is 2.71. The van der Waals surface area contributed by atoms with Crippen LogP contribution in [0.5, 0.6) is 0 Å². The van der Waals surface area contributed by atoms with Gasteiger partial charge in [-0.25, -0.2) is 4.79 Å². The van der Waals surface area contributed by atoms with Crippen molar-refractivity contribution in [2.45, 2.75) is 56.2 Å². The first-order valence-corrected chi connectivity index (χ1v) is 8.19. The van der Waals surface area contributed by atoms with Gasteiger partial charge in [-0.05, 0) is 56.8 Å². The molecule has 0 aromatic carbocycles. The molecule has 3 aliphatic heterocycles. The molecule has 0 unspecified atom stereocenters. The molecular weight excluding hydrogens is 268 g/mol. The van der Waals surface area contributed by atoms with E-state index in [1.54, 1.807) is 12.0 Å². The van der Waals surface area contributed by atoms with Gasteiger partial charge in [-0.1, -0.05) is 0 Å². The Morgan fingerprint density at radius 3 is 2.52 bits per heavy atom. The van der Waals surface area contributed by atoms with Gasteiger partial charge < -0.3 is 9.64 Å². The number of amides is 3. The Kier molecular flexibility index (Phi) is 2.04. The van der Waals surface area contributed by atoms with Gasteiger partial charge in [0, 0.05) is 19.7 Å². The average Bonchev–Trinajstić information content (AvgIpc) is 3.14. The summed E-state index contributed by atoms with van der Waals surface area (Å²) < 4.78 is 5.70. The molecule has 3 aliphatic carbocycles. The number of ether oxygens (including phenoxy) is 1. The summed E-state index contributed by atoms with van der Waals surface area (Å²) in [6.45, 7) is 2.98. The largest absolute Gasteiger partial charge is 0.378 e. The summed E-state index contributed by atoms with van der Waals surface area (Å²) in [5, 5.41) is 0. The second kappa shape index (κ2) is 3.45. The molecule has 0 N–H and O–H groups in total. The van der Waals surface area contributed by atoms with Crippen LogP contribution in [0.25, 0.3) is 0 Å². The minimum Gasteiger partial charge on any atom is -0.378 e. The Hall–Kier alpha value is -1.10. The van der Waals surface area contributed by atoms with Gasteiger partial charge in [0.1, 0.15) is 5.54 Å². The van der Waals surface area contributed by atoms with Gasteiger partial charge >= 0.3 is 6.03 Å². The summed E-state index contributed by atoms with van der Waals surface area (Å²) in [5.74, 6) is 1.61. The molecule has 3 saturated heterocycles. The minimum absolute atomic E-state index is 0.00308. The highest BCUT2D eigenvalue weighted by Crippen LogP contribution is 2.59. The van der Waals surface area contributed by atoms with Crippen LogP contribution in [0.1, 0.15) is 39.0 Å². The lowest BCUT2D eigenvalue weighted by Crippen LogP contribution is -2.52. The summed E-state index contributed by atoms with van der Waals surface area (Å²) >= 11 is 0. The van der Waals surface area contributed by atoms with E-state index in [-0.39, 0.29) is 23.6 Å². The summed E-state index contributed by atoms with van der Waals surface area (Å²) in [7, 11) is 1.78. The van der Waals surface area contributed by atoms with Crippen LogP contribution in [0, 0.1) is 17.8 Å². The van der Waals surface area contributed by atoms with Crippen LogP contribution >= 0.6 is 0 Å². The zero-order valence-corrected chi connectivity index (χ0v) is 12.7. The quantitative estimate of drug-likeness (QED) is 0.726. The smallest absolute Gasteiger partial charge is 0.327 e. The summed E-state index contributed by atoms with van der Waals surface area (Å²) in [5.41, 5.74) is -0.475. The van der Waals surface area contributed by atoms with Crippen LogP contribution < -0.4 is 0 Å². The molecule has 3 saturated carbocycles. The van der Waals surface area contributed by atoms with Crippen molar-refractivity contribution in [1.82, 2.24) is 9.80 Å². The molecule has 0 radical (unpaired) electrons. The molecule has 6 fully saturated rings. The molecule has 3 heterocycles. The molecule has 114 valence electrons. The summed E-state index contributed by atoms with van der Waals surface area (Å²) in [6.07, 6.45) is 4.82. The van der Waals surface area contributed by atoms with Crippen molar-refractivity contribution in [3.05, 3.63) is 0 Å². The molecule has 4 atom stereocenters. The van der Waals surface area contributed by atoms with Crippen molar-refractivity contribution in [3.8, 4) is 0 Å². The van der Waals surface area contributed by atoms with E-state index in [9.17, 15) is 9.59 Å². The fourth-order valence-electron chi connectivity index (χ4n) is 6.04. The number of rotatable bonds is 2. The first-order chi connectivity index (χ1) is 9.98. The SMILES string of the molecule is CO[C@@]1(C)C[C@H]2C[C@@H]1C[C@H]2N1C(=O)N2CC3CC2(C3)C1=O. The molecule has 0 aromatic rings. The number of nitrogens with zero attached hydrogens (tertiary/aromatic N) is 2. The molecule has 1 spiro atoms. The summed E-state index contributed by atoms with van der Waals surface area (Å²) in [6, 6.07) is 0.119. The third-order valence-electron chi connectivity index (χ3n) is 7.25. The number of urea groups is 1. The number of carbonyl (C=O) groups excluding carboxylic acids is 2. The van der Waals surface area contributed by atoms with Gasteiger partial charge in [-0.15, -0.1) is 0 Å². The maximum Gasteiger partial charge on any atom is 0.327 e. The van der Waals surface area contributed by atoms with Gasteiger partial charge in [0.25, 0.3) is 5.91 Å². The van der Waals surface area contributed by atoms with Crippen LogP contribution in [0.3, 0.4) is 0 Å². The molecule has 6 rings (SSSR count). The normalized spacial score (nSPS) is 53.6. The molecule has 5 nitrogen and oxygen atoms in total. The van der Waals surface area contributed by atoms with E-state index in [1.165, 1.54) is 0 Å². The molecule has 5 heteroatoms. The highest BCUT2D eigenvalue weighted by atomic mass is 16.5. The number of hydrogen-bond donors (Lipinski definition) is 0. The van der Waals surface area contributed by atoms with E-state index in [0.717, 1.165) is 38.6 Å². The van der Waals surface area contributed by atoms with Crippen LogP contribution in [-0.4, -0.2) is 52.6 Å². The number of hydrogen-bond acceptors (Lipinski definition) is 3. The van der Waals surface area contributed by atoms with Crippen molar-refractivity contribution >= 4 is 11.9 Å². The van der Waals surface area contributed by atoms with E-state index in [1.807, 2.05) is 4.90 Å². The lowest BCUT2D eigenvalue weighted by molar-refractivity contribution is -0.138. The predicted octanol–water partition coefficient (Wildman–Crippen LogP) is 1.62. The van der Waals surface area contributed by atoms with Crippen LogP contribution in [0.4, 0.5) is 4.79 Å². The van der Waals surface area contributed by atoms with E-state index in [0.29, 0.717) is 17.8 Å². The van der Waals surface area contributed by atoms with Crippen LogP contribution in [0.15, 0.2) is 0 Å². The summed E-state index contributed by atoms with van der Waals surface area (Å²) in [4.78, 5) is 29.1. The average molecular weight is 290 g/mol. The third-order valence-corrected chi connectivity index (χ3v) is 7.25. The van der Waals surface area contributed by atoms with Crippen molar-refractivity contribution in [2.75, 3.05) is 13.7 Å². The van der Waals surface area contributed by atoms with E-state index in [4.69, 9.17) is 4.74 Å². The Bertz CT molecular complexity index is 553. The number of methoxy groups -OCH3 is 1. The Morgan fingerprint density at radius 2 is 1.95 bits per heavy atom. The Labute approximate surface area is 124 Å².